The Morgan fingerprint density at radius 2 is 1.85 bits per heavy atom. The number of hydrogen-bond donors (Lipinski definition) is 0. The number of carbonyl (C=O) groups is 1. The summed E-state index contributed by atoms with van der Waals surface area (Å²) in [5.41, 5.74) is 0.199. The van der Waals surface area contributed by atoms with Crippen LogP contribution in [0.2, 0.25) is 0 Å². The van der Waals surface area contributed by atoms with Gasteiger partial charge in [-0.1, -0.05) is 31.2 Å². The molecule has 0 aliphatic carbocycles. The maximum Gasteiger partial charge on any atom is 0.282 e. The van der Waals surface area contributed by atoms with Crippen molar-refractivity contribution in [2.45, 2.75) is 13.8 Å². The second-order valence-electron chi connectivity index (χ2n) is 5.34. The summed E-state index contributed by atoms with van der Waals surface area (Å²) in [6.07, 6.45) is 0. The zero-order valence-electron chi connectivity index (χ0n) is 14.6. The van der Waals surface area contributed by atoms with E-state index in [1.165, 1.54) is 11.0 Å². The Labute approximate surface area is 148 Å². The number of rotatable bonds is 1. The van der Waals surface area contributed by atoms with E-state index in [0.29, 0.717) is 16.6 Å². The van der Waals surface area contributed by atoms with Gasteiger partial charge in [-0.05, 0) is 18.2 Å². The van der Waals surface area contributed by atoms with Crippen LogP contribution >= 0.6 is 0 Å². The molecular weight excluding hydrogens is 339 g/mol. The lowest BCUT2D eigenvalue weighted by atomic mass is 10.2. The summed E-state index contributed by atoms with van der Waals surface area (Å²) < 4.78 is 20.6. The smallest absolute Gasteiger partial charge is 0.282 e. The predicted molar refractivity (Wildman–Crippen MR) is 95.3 cm³/mol. The first kappa shape index (κ1) is 17.5. The molecule has 0 atom stereocenters. The maximum absolute atomic E-state index is 14.5. The molecule has 1 aliphatic heterocycles. The van der Waals surface area contributed by atoms with Gasteiger partial charge in [-0.2, -0.15) is 4.68 Å². The molecule has 0 spiro atoms. The van der Waals surface area contributed by atoms with E-state index in [-0.39, 0.29) is 24.0 Å². The third kappa shape index (κ3) is 2.79. The number of fused-ring (bicyclic) bond motifs is 2. The summed E-state index contributed by atoms with van der Waals surface area (Å²) in [6.45, 7) is 3.85. The molecule has 0 N–H and O–H groups in total. The molecule has 2 aromatic carbocycles. The maximum atomic E-state index is 14.5. The van der Waals surface area contributed by atoms with Gasteiger partial charge < -0.3 is 9.64 Å². The van der Waals surface area contributed by atoms with Gasteiger partial charge in [0.2, 0.25) is 0 Å². The molecule has 0 radical (unpaired) electrons. The first-order valence-corrected chi connectivity index (χ1v) is 8.14. The molecule has 1 aromatic heterocycles. The highest BCUT2D eigenvalue weighted by atomic mass is 19.1. The lowest BCUT2D eigenvalue weighted by Crippen LogP contribution is -2.36. The van der Waals surface area contributed by atoms with Crippen LogP contribution in [-0.2, 0) is 4.79 Å². The molecule has 0 saturated heterocycles. The number of likely N-dealkylation sites (N-methyl/N-ethyl adjacent to an activating group) is 1. The first-order valence-electron chi connectivity index (χ1n) is 8.14. The Morgan fingerprint density at radius 1 is 1.12 bits per heavy atom. The molecule has 7 nitrogen and oxygen atoms in total. The second-order valence-corrected chi connectivity index (χ2v) is 5.34. The molecular formula is C18H17FN4O3. The largest absolute Gasteiger partial charge is 0.481 e. The van der Waals surface area contributed by atoms with E-state index in [1.807, 2.05) is 13.8 Å². The summed E-state index contributed by atoms with van der Waals surface area (Å²) in [7, 11) is 1.56. The van der Waals surface area contributed by atoms with E-state index in [2.05, 4.69) is 10.3 Å². The Hall–Kier alpha value is -3.29. The first-order chi connectivity index (χ1) is 12.6. The van der Waals surface area contributed by atoms with Gasteiger partial charge >= 0.3 is 0 Å². The number of amides is 1. The Bertz CT molecular complexity index is 1050. The number of anilines is 1. The summed E-state index contributed by atoms with van der Waals surface area (Å²) in [4.78, 5) is 25.7. The predicted octanol–water partition coefficient (Wildman–Crippen LogP) is 2.30. The number of nitrogens with zero attached hydrogens (tertiary/aromatic N) is 4. The molecule has 8 heteroatoms. The van der Waals surface area contributed by atoms with Crippen LogP contribution in [0.25, 0.3) is 16.6 Å². The molecule has 134 valence electrons. The summed E-state index contributed by atoms with van der Waals surface area (Å²) in [5, 5.41) is 8.06. The molecule has 0 saturated carbocycles. The van der Waals surface area contributed by atoms with Crippen LogP contribution in [0, 0.1) is 5.82 Å². The summed E-state index contributed by atoms with van der Waals surface area (Å²) >= 11 is 0. The molecule has 0 fully saturated rings. The normalized spacial score (nSPS) is 12.9. The van der Waals surface area contributed by atoms with Crippen molar-refractivity contribution in [1.82, 2.24) is 15.0 Å². The molecule has 4 rings (SSSR count). The van der Waals surface area contributed by atoms with Gasteiger partial charge in [-0.3, -0.25) is 9.59 Å². The van der Waals surface area contributed by atoms with Crippen LogP contribution in [0.5, 0.6) is 5.75 Å². The van der Waals surface area contributed by atoms with Crippen molar-refractivity contribution in [3.8, 4) is 11.4 Å². The van der Waals surface area contributed by atoms with Crippen LogP contribution in [0.1, 0.15) is 13.8 Å². The van der Waals surface area contributed by atoms with Crippen molar-refractivity contribution < 1.29 is 13.9 Å². The molecule has 1 aliphatic rings. The van der Waals surface area contributed by atoms with Crippen molar-refractivity contribution in [2.24, 2.45) is 0 Å². The zero-order valence-corrected chi connectivity index (χ0v) is 14.6. The van der Waals surface area contributed by atoms with E-state index in [0.717, 1.165) is 10.7 Å². The average Bonchev–Trinajstić information content (AvgIpc) is 2.67. The van der Waals surface area contributed by atoms with Gasteiger partial charge in [0.15, 0.2) is 12.4 Å². The Balaban J connectivity index is 0.000000948. The molecule has 1 amide bonds. The van der Waals surface area contributed by atoms with E-state index in [4.69, 9.17) is 4.74 Å². The van der Waals surface area contributed by atoms with Crippen LogP contribution in [0.3, 0.4) is 0 Å². The van der Waals surface area contributed by atoms with Gasteiger partial charge in [-0.25, -0.2) is 4.39 Å². The molecule has 0 bridgehead atoms. The molecule has 0 unspecified atom stereocenters. The summed E-state index contributed by atoms with van der Waals surface area (Å²) in [6, 6.07) is 9.16. The highest BCUT2D eigenvalue weighted by molar-refractivity contribution is 5.97. The average molecular weight is 356 g/mol. The lowest BCUT2D eigenvalue weighted by molar-refractivity contribution is -0.121. The second kappa shape index (κ2) is 6.91. The summed E-state index contributed by atoms with van der Waals surface area (Å²) in [5.74, 6) is -0.722. The van der Waals surface area contributed by atoms with E-state index < -0.39 is 11.4 Å². The van der Waals surface area contributed by atoms with Crippen molar-refractivity contribution in [3.05, 3.63) is 52.6 Å². The van der Waals surface area contributed by atoms with E-state index in [1.54, 1.807) is 31.3 Å². The molecule has 3 aromatic rings. The van der Waals surface area contributed by atoms with Crippen LogP contribution < -0.4 is 15.2 Å². The fraction of sp³-hybridized carbons (Fsp3) is 0.222. The minimum Gasteiger partial charge on any atom is -0.481 e. The van der Waals surface area contributed by atoms with Gasteiger partial charge in [0, 0.05) is 13.1 Å². The fourth-order valence-electron chi connectivity index (χ4n) is 2.59. The van der Waals surface area contributed by atoms with Gasteiger partial charge in [0.25, 0.3) is 11.5 Å². The number of ether oxygens (including phenoxy) is 1. The lowest BCUT2D eigenvalue weighted by Gasteiger charge is -2.26. The minimum atomic E-state index is -0.691. The van der Waals surface area contributed by atoms with Crippen LogP contribution in [-0.4, -0.2) is 34.6 Å². The SMILES string of the molecule is CC.CN1C(=O)COc2cc(F)c(-n3nnc4ccccc4c3=O)cc21. The van der Waals surface area contributed by atoms with Gasteiger partial charge in [0.1, 0.15) is 17.0 Å². The molecule has 26 heavy (non-hydrogen) atoms. The third-order valence-corrected chi connectivity index (χ3v) is 3.91. The van der Waals surface area contributed by atoms with E-state index >= 15 is 0 Å². The highest BCUT2D eigenvalue weighted by Gasteiger charge is 2.25. The van der Waals surface area contributed by atoms with Crippen LogP contribution in [0.4, 0.5) is 10.1 Å². The highest BCUT2D eigenvalue weighted by Crippen LogP contribution is 2.34. The van der Waals surface area contributed by atoms with Crippen molar-refractivity contribution >= 4 is 22.5 Å². The fourth-order valence-corrected chi connectivity index (χ4v) is 2.59. The Kier molecular flexibility index (Phi) is 4.66. The topological polar surface area (TPSA) is 77.3 Å². The van der Waals surface area contributed by atoms with Crippen molar-refractivity contribution in [2.75, 3.05) is 18.6 Å². The van der Waals surface area contributed by atoms with E-state index in [9.17, 15) is 14.0 Å². The molecule has 2 heterocycles. The number of benzene rings is 2. The van der Waals surface area contributed by atoms with Crippen molar-refractivity contribution in [3.63, 3.8) is 0 Å². The number of carbonyl (C=O) groups excluding carboxylic acids is 1. The number of hydrogen-bond acceptors (Lipinski definition) is 5. The van der Waals surface area contributed by atoms with Crippen LogP contribution in [0.15, 0.2) is 41.2 Å². The monoisotopic (exact) mass is 356 g/mol. The van der Waals surface area contributed by atoms with Gasteiger partial charge in [-0.15, -0.1) is 5.10 Å². The zero-order chi connectivity index (χ0) is 18.8. The quantitative estimate of drug-likeness (QED) is 0.669. The van der Waals surface area contributed by atoms with Crippen molar-refractivity contribution in [1.29, 1.82) is 0 Å². The third-order valence-electron chi connectivity index (χ3n) is 3.91. The standard InChI is InChI=1S/C16H11FN4O3.C2H6/c1-20-13-7-12(10(17)6-14(13)24-8-15(20)22)21-16(23)9-4-2-3-5-11(9)18-19-21;1-2/h2-7H,8H2,1H3;1-2H3. The number of aromatic nitrogens is 3. The Morgan fingerprint density at radius 3 is 2.62 bits per heavy atom. The minimum absolute atomic E-state index is 0.0952. The number of halogens is 1. The van der Waals surface area contributed by atoms with Gasteiger partial charge in [0.05, 0.1) is 11.1 Å².